The molecule has 0 radical (unpaired) electrons. The van der Waals surface area contributed by atoms with E-state index in [1.807, 2.05) is 6.07 Å². The fourth-order valence-corrected chi connectivity index (χ4v) is 1.94. The largest absolute Gasteiger partial charge is 0.384 e. The maximum absolute atomic E-state index is 5.79. The van der Waals surface area contributed by atoms with Gasteiger partial charge >= 0.3 is 0 Å². The molecule has 3 nitrogen and oxygen atoms in total. The monoisotopic (exact) mass is 189 g/mol. The highest BCUT2D eigenvalue weighted by molar-refractivity contribution is 5.33. The molecule has 2 saturated carbocycles. The van der Waals surface area contributed by atoms with Crippen molar-refractivity contribution in [3.63, 3.8) is 0 Å². The quantitative estimate of drug-likeness (QED) is 0.776. The summed E-state index contributed by atoms with van der Waals surface area (Å²) in [6.07, 6.45) is 6.36. The summed E-state index contributed by atoms with van der Waals surface area (Å²) in [7, 11) is 0. The van der Waals surface area contributed by atoms with Crippen molar-refractivity contribution >= 4 is 5.82 Å². The van der Waals surface area contributed by atoms with Gasteiger partial charge in [0.05, 0.1) is 0 Å². The van der Waals surface area contributed by atoms with Gasteiger partial charge in [-0.25, -0.2) is 9.97 Å². The van der Waals surface area contributed by atoms with Gasteiger partial charge in [-0.2, -0.15) is 0 Å². The molecule has 3 heteroatoms. The van der Waals surface area contributed by atoms with Crippen LogP contribution in [-0.2, 0) is 0 Å². The number of anilines is 1. The molecule has 0 spiro atoms. The standard InChI is InChI=1S/C11H15N3/c12-10-6-9(7-4-5-7)13-11(14-10)8-2-1-3-8/h6-8H,1-5H2,(H2,12,13,14). The average Bonchev–Trinajstić information content (AvgIpc) is 2.80. The number of nitrogen functional groups attached to an aromatic ring is 1. The van der Waals surface area contributed by atoms with Gasteiger partial charge < -0.3 is 5.73 Å². The first-order valence-electron chi connectivity index (χ1n) is 5.47. The summed E-state index contributed by atoms with van der Waals surface area (Å²) in [6.45, 7) is 0. The Morgan fingerprint density at radius 1 is 1.07 bits per heavy atom. The van der Waals surface area contributed by atoms with Crippen LogP contribution < -0.4 is 5.73 Å². The first kappa shape index (κ1) is 8.21. The van der Waals surface area contributed by atoms with E-state index in [9.17, 15) is 0 Å². The summed E-state index contributed by atoms with van der Waals surface area (Å²) in [6, 6.07) is 1.94. The topological polar surface area (TPSA) is 51.8 Å². The van der Waals surface area contributed by atoms with Crippen molar-refractivity contribution < 1.29 is 0 Å². The van der Waals surface area contributed by atoms with Gasteiger partial charge in [0.2, 0.25) is 0 Å². The van der Waals surface area contributed by atoms with Crippen molar-refractivity contribution in [1.29, 1.82) is 0 Å². The lowest BCUT2D eigenvalue weighted by molar-refractivity contribution is 0.400. The summed E-state index contributed by atoms with van der Waals surface area (Å²) >= 11 is 0. The molecule has 0 bridgehead atoms. The van der Waals surface area contributed by atoms with E-state index in [1.54, 1.807) is 0 Å². The predicted molar refractivity (Wildman–Crippen MR) is 55.0 cm³/mol. The Hall–Kier alpha value is -1.12. The molecule has 0 unspecified atom stereocenters. The molecular weight excluding hydrogens is 174 g/mol. The minimum atomic E-state index is 0.594. The van der Waals surface area contributed by atoms with Crippen molar-refractivity contribution in [2.45, 2.75) is 43.9 Å². The Morgan fingerprint density at radius 3 is 2.43 bits per heavy atom. The zero-order valence-electron chi connectivity index (χ0n) is 8.24. The summed E-state index contributed by atoms with van der Waals surface area (Å²) in [5, 5.41) is 0. The van der Waals surface area contributed by atoms with E-state index in [2.05, 4.69) is 9.97 Å². The van der Waals surface area contributed by atoms with Crippen molar-refractivity contribution in [3.8, 4) is 0 Å². The summed E-state index contributed by atoms with van der Waals surface area (Å²) in [5.74, 6) is 2.93. The van der Waals surface area contributed by atoms with Gasteiger partial charge in [-0.15, -0.1) is 0 Å². The third kappa shape index (κ3) is 1.37. The lowest BCUT2D eigenvalue weighted by Crippen LogP contribution is -2.14. The van der Waals surface area contributed by atoms with Crippen molar-refractivity contribution in [1.82, 2.24) is 9.97 Å². The molecule has 14 heavy (non-hydrogen) atoms. The van der Waals surface area contributed by atoms with E-state index in [-0.39, 0.29) is 0 Å². The fraction of sp³-hybridized carbons (Fsp3) is 0.636. The number of aromatic nitrogens is 2. The Balaban J connectivity index is 1.93. The zero-order valence-corrected chi connectivity index (χ0v) is 8.24. The highest BCUT2D eigenvalue weighted by Gasteiger charge is 2.28. The summed E-state index contributed by atoms with van der Waals surface area (Å²) in [5.41, 5.74) is 6.97. The van der Waals surface area contributed by atoms with Gasteiger partial charge in [0.25, 0.3) is 0 Å². The van der Waals surface area contributed by atoms with Crippen molar-refractivity contribution in [2.75, 3.05) is 5.73 Å². The second-order valence-electron chi connectivity index (χ2n) is 4.48. The molecule has 0 amide bonds. The molecule has 1 heterocycles. The second-order valence-corrected chi connectivity index (χ2v) is 4.48. The van der Waals surface area contributed by atoms with Gasteiger partial charge in [-0.1, -0.05) is 6.42 Å². The Labute approximate surface area is 83.8 Å². The minimum Gasteiger partial charge on any atom is -0.384 e. The molecule has 74 valence electrons. The molecule has 2 aliphatic rings. The molecule has 0 atom stereocenters. The van der Waals surface area contributed by atoms with Gasteiger partial charge in [-0.3, -0.25) is 0 Å². The molecule has 2 aliphatic carbocycles. The van der Waals surface area contributed by atoms with Gasteiger partial charge in [0.15, 0.2) is 0 Å². The molecular formula is C11H15N3. The second kappa shape index (κ2) is 2.94. The molecule has 1 aromatic heterocycles. The van der Waals surface area contributed by atoms with E-state index < -0.39 is 0 Å². The fourth-order valence-electron chi connectivity index (χ4n) is 1.94. The molecule has 0 aliphatic heterocycles. The van der Waals surface area contributed by atoms with Crippen LogP contribution in [-0.4, -0.2) is 9.97 Å². The maximum Gasteiger partial charge on any atom is 0.134 e. The maximum atomic E-state index is 5.79. The molecule has 1 aromatic rings. The van der Waals surface area contributed by atoms with Crippen LogP contribution in [0.3, 0.4) is 0 Å². The molecule has 2 fully saturated rings. The van der Waals surface area contributed by atoms with Gasteiger partial charge in [0, 0.05) is 23.6 Å². The molecule has 3 rings (SSSR count). The van der Waals surface area contributed by atoms with E-state index in [4.69, 9.17) is 5.73 Å². The minimum absolute atomic E-state index is 0.594. The van der Waals surface area contributed by atoms with E-state index in [1.165, 1.54) is 37.8 Å². The lowest BCUT2D eigenvalue weighted by atomic mass is 9.85. The first-order chi connectivity index (χ1) is 6.83. The zero-order chi connectivity index (χ0) is 9.54. The third-order valence-electron chi connectivity index (χ3n) is 3.25. The van der Waals surface area contributed by atoms with Crippen LogP contribution in [0.5, 0.6) is 0 Å². The predicted octanol–water partition coefficient (Wildman–Crippen LogP) is 2.20. The molecule has 0 saturated heterocycles. The normalized spacial score (nSPS) is 22.0. The Bertz CT molecular complexity index is 354. The number of hydrogen-bond donors (Lipinski definition) is 1. The lowest BCUT2D eigenvalue weighted by Gasteiger charge is -2.24. The van der Waals surface area contributed by atoms with Crippen LogP contribution in [0.25, 0.3) is 0 Å². The summed E-state index contributed by atoms with van der Waals surface area (Å²) < 4.78 is 0. The first-order valence-corrected chi connectivity index (χ1v) is 5.47. The SMILES string of the molecule is Nc1cc(C2CC2)nc(C2CCC2)n1. The van der Waals surface area contributed by atoms with Gasteiger partial charge in [-0.05, 0) is 25.7 Å². The summed E-state index contributed by atoms with van der Waals surface area (Å²) in [4.78, 5) is 8.96. The van der Waals surface area contributed by atoms with E-state index in [0.717, 1.165) is 5.82 Å². The van der Waals surface area contributed by atoms with Crippen LogP contribution >= 0.6 is 0 Å². The van der Waals surface area contributed by atoms with Crippen LogP contribution in [0.1, 0.15) is 55.5 Å². The Morgan fingerprint density at radius 2 is 1.86 bits per heavy atom. The number of rotatable bonds is 2. The highest BCUT2D eigenvalue weighted by Crippen LogP contribution is 2.41. The smallest absolute Gasteiger partial charge is 0.134 e. The average molecular weight is 189 g/mol. The molecule has 0 aromatic carbocycles. The Kier molecular flexibility index (Phi) is 1.72. The van der Waals surface area contributed by atoms with Crippen LogP contribution in [0.4, 0.5) is 5.82 Å². The van der Waals surface area contributed by atoms with Crippen molar-refractivity contribution in [2.24, 2.45) is 0 Å². The van der Waals surface area contributed by atoms with Crippen LogP contribution in [0.2, 0.25) is 0 Å². The van der Waals surface area contributed by atoms with Crippen LogP contribution in [0.15, 0.2) is 6.07 Å². The van der Waals surface area contributed by atoms with E-state index >= 15 is 0 Å². The number of nitrogens with zero attached hydrogens (tertiary/aromatic N) is 2. The number of hydrogen-bond acceptors (Lipinski definition) is 3. The highest BCUT2D eigenvalue weighted by atomic mass is 15.0. The van der Waals surface area contributed by atoms with E-state index in [0.29, 0.717) is 17.7 Å². The van der Waals surface area contributed by atoms with Gasteiger partial charge in [0.1, 0.15) is 11.6 Å². The molecule has 2 N–H and O–H groups in total. The van der Waals surface area contributed by atoms with Crippen LogP contribution in [0, 0.1) is 0 Å². The number of nitrogens with two attached hydrogens (primary N) is 1. The van der Waals surface area contributed by atoms with Crippen molar-refractivity contribution in [3.05, 3.63) is 17.6 Å². The third-order valence-corrected chi connectivity index (χ3v) is 3.25.